The molecule has 0 spiro atoms. The Morgan fingerprint density at radius 3 is 2.29 bits per heavy atom. The van der Waals surface area contributed by atoms with Gasteiger partial charge in [-0.2, -0.15) is 8.78 Å². The summed E-state index contributed by atoms with van der Waals surface area (Å²) in [6, 6.07) is 9.24. The maximum atomic E-state index is 12.4. The van der Waals surface area contributed by atoms with Crippen molar-refractivity contribution in [3.63, 3.8) is 0 Å². The van der Waals surface area contributed by atoms with E-state index in [1.807, 2.05) is 0 Å². The Labute approximate surface area is 98.8 Å². The van der Waals surface area contributed by atoms with E-state index < -0.39 is 17.1 Å². The molecule has 0 unspecified atom stereocenters. The molecular weight excluding hydrogens is 246 g/mol. The number of hydrogen-bond acceptors (Lipinski definition) is 2. The summed E-state index contributed by atoms with van der Waals surface area (Å²) < 4.78 is 45.9. The molecule has 2 aromatic rings. The van der Waals surface area contributed by atoms with Crippen LogP contribution in [0.5, 0.6) is 0 Å². The molecule has 0 N–H and O–H groups in total. The molecule has 0 atom stereocenters. The van der Waals surface area contributed by atoms with E-state index in [4.69, 9.17) is 0 Å². The molecule has 0 saturated carbocycles. The predicted molar refractivity (Wildman–Crippen MR) is 62.5 cm³/mol. The van der Waals surface area contributed by atoms with Crippen molar-refractivity contribution in [3.8, 4) is 0 Å². The first-order valence-corrected chi connectivity index (χ1v) is 6.25. The average molecular weight is 255 g/mol. The summed E-state index contributed by atoms with van der Waals surface area (Å²) in [6.07, 6.45) is -1.72. The lowest BCUT2D eigenvalue weighted by atomic mass is 10.1. The molecule has 89 valence electrons. The fourth-order valence-electron chi connectivity index (χ4n) is 1.66. The van der Waals surface area contributed by atoms with Gasteiger partial charge in [-0.3, -0.25) is 0 Å². The van der Waals surface area contributed by atoms with Crippen LogP contribution in [0.2, 0.25) is 0 Å². The monoisotopic (exact) mass is 255 g/mol. The standard InChI is InChI=1S/C12H9F2O2S/c13-12(14)11-4-3-9-5-8(7-17(15)16)1-2-10(9)6-11/h1-6,17H,7H2. The molecule has 0 aliphatic carbocycles. The van der Waals surface area contributed by atoms with Gasteiger partial charge in [0, 0.05) is 5.56 Å². The van der Waals surface area contributed by atoms with E-state index in [2.05, 4.69) is 0 Å². The largest absolute Gasteiger partial charge is 0.339 e. The third-order valence-electron chi connectivity index (χ3n) is 2.43. The predicted octanol–water partition coefficient (Wildman–Crippen LogP) is 2.73. The minimum atomic E-state index is -2.47. The van der Waals surface area contributed by atoms with Crippen LogP contribution < -0.4 is 0 Å². The van der Waals surface area contributed by atoms with Gasteiger partial charge < -0.3 is 0 Å². The van der Waals surface area contributed by atoms with Crippen LogP contribution in [0.25, 0.3) is 10.8 Å². The lowest BCUT2D eigenvalue weighted by Crippen LogP contribution is -1.88. The summed E-state index contributed by atoms with van der Waals surface area (Å²) in [5.41, 5.74) is 0.547. The molecule has 1 radical (unpaired) electrons. The zero-order valence-electron chi connectivity index (χ0n) is 8.69. The first kappa shape index (κ1) is 12.0. The van der Waals surface area contributed by atoms with Gasteiger partial charge in [-0.25, -0.2) is 8.42 Å². The highest BCUT2D eigenvalue weighted by molar-refractivity contribution is 7.71. The number of halogens is 2. The van der Waals surface area contributed by atoms with Crippen molar-refractivity contribution in [1.29, 1.82) is 0 Å². The number of rotatable bonds is 3. The van der Waals surface area contributed by atoms with Crippen LogP contribution in [-0.2, 0) is 16.5 Å². The summed E-state index contributed by atoms with van der Waals surface area (Å²) in [5.74, 6) is -0.0311. The Bertz CT molecular complexity index is 613. The Morgan fingerprint density at radius 2 is 1.65 bits per heavy atom. The summed E-state index contributed by atoms with van der Waals surface area (Å²) in [7, 11) is -2.47. The Morgan fingerprint density at radius 1 is 1.00 bits per heavy atom. The SMILES string of the molecule is O=[SH](=O)Cc1ccc2cc([C](F)F)ccc2c1. The molecule has 17 heavy (non-hydrogen) atoms. The lowest BCUT2D eigenvalue weighted by Gasteiger charge is -2.03. The molecule has 0 aliphatic heterocycles. The summed E-state index contributed by atoms with van der Waals surface area (Å²) >= 11 is 0. The van der Waals surface area contributed by atoms with E-state index in [1.165, 1.54) is 12.1 Å². The second kappa shape index (κ2) is 4.79. The lowest BCUT2D eigenvalue weighted by molar-refractivity contribution is 0.325. The van der Waals surface area contributed by atoms with Crippen molar-refractivity contribution in [2.45, 2.75) is 5.75 Å². The van der Waals surface area contributed by atoms with Crippen molar-refractivity contribution >= 4 is 21.5 Å². The van der Waals surface area contributed by atoms with Gasteiger partial charge in [-0.05, 0) is 22.4 Å². The smallest absolute Gasteiger partial charge is 0.232 e. The van der Waals surface area contributed by atoms with E-state index in [0.717, 1.165) is 5.39 Å². The van der Waals surface area contributed by atoms with Crippen molar-refractivity contribution < 1.29 is 17.2 Å². The molecule has 0 aliphatic rings. The highest BCUT2D eigenvalue weighted by Gasteiger charge is 2.09. The minimum Gasteiger partial charge on any atom is -0.232 e. The van der Waals surface area contributed by atoms with Crippen molar-refractivity contribution in [3.05, 3.63) is 54.0 Å². The van der Waals surface area contributed by atoms with E-state index in [9.17, 15) is 17.2 Å². The molecule has 2 rings (SSSR count). The molecule has 0 fully saturated rings. The van der Waals surface area contributed by atoms with Crippen molar-refractivity contribution in [2.75, 3.05) is 0 Å². The number of hydrogen-bond donors (Lipinski definition) is 1. The second-order valence-electron chi connectivity index (χ2n) is 3.65. The Hall–Kier alpha value is -1.49. The van der Waals surface area contributed by atoms with Crippen LogP contribution in [0.4, 0.5) is 8.78 Å². The van der Waals surface area contributed by atoms with E-state index >= 15 is 0 Å². The first-order chi connectivity index (χ1) is 8.06. The van der Waals surface area contributed by atoms with Gasteiger partial charge >= 0.3 is 6.43 Å². The van der Waals surface area contributed by atoms with Gasteiger partial charge in [0.2, 0.25) is 0 Å². The third-order valence-corrected chi connectivity index (χ3v) is 3.06. The van der Waals surface area contributed by atoms with Crippen LogP contribution in [0, 0.1) is 6.43 Å². The van der Waals surface area contributed by atoms with Crippen LogP contribution in [-0.4, -0.2) is 8.42 Å². The van der Waals surface area contributed by atoms with Gasteiger partial charge in [0.05, 0.1) is 5.75 Å². The molecular formula is C12H9F2O2S. The number of thiol groups is 1. The molecule has 2 nitrogen and oxygen atoms in total. The first-order valence-electron chi connectivity index (χ1n) is 4.89. The topological polar surface area (TPSA) is 34.1 Å². The quantitative estimate of drug-likeness (QED) is 0.856. The van der Waals surface area contributed by atoms with Crippen molar-refractivity contribution in [1.82, 2.24) is 0 Å². The molecule has 5 heteroatoms. The molecule has 0 aromatic heterocycles. The van der Waals surface area contributed by atoms with Crippen LogP contribution in [0.3, 0.4) is 0 Å². The average Bonchev–Trinajstić information content (AvgIpc) is 2.27. The van der Waals surface area contributed by atoms with E-state index in [1.54, 1.807) is 24.3 Å². The maximum Gasteiger partial charge on any atom is 0.339 e. The maximum absolute atomic E-state index is 12.4. The highest BCUT2D eigenvalue weighted by Crippen LogP contribution is 2.23. The van der Waals surface area contributed by atoms with Crippen LogP contribution in [0.1, 0.15) is 11.1 Å². The number of benzene rings is 2. The number of fused-ring (bicyclic) bond motifs is 1. The molecule has 0 bridgehead atoms. The zero-order valence-corrected chi connectivity index (χ0v) is 9.59. The Kier molecular flexibility index (Phi) is 3.38. The highest BCUT2D eigenvalue weighted by atomic mass is 32.2. The fraction of sp³-hybridized carbons (Fsp3) is 0.0833. The van der Waals surface area contributed by atoms with Gasteiger partial charge in [0.1, 0.15) is 10.7 Å². The van der Waals surface area contributed by atoms with E-state index in [0.29, 0.717) is 10.9 Å². The van der Waals surface area contributed by atoms with Gasteiger partial charge in [0.15, 0.2) is 0 Å². The molecule has 0 saturated heterocycles. The zero-order chi connectivity index (χ0) is 12.4. The van der Waals surface area contributed by atoms with Gasteiger partial charge in [0.25, 0.3) is 0 Å². The minimum absolute atomic E-state index is 0.0311. The second-order valence-corrected chi connectivity index (χ2v) is 4.63. The summed E-state index contributed by atoms with van der Waals surface area (Å²) in [4.78, 5) is 0. The normalized spacial score (nSPS) is 11.5. The molecule has 2 aromatic carbocycles. The molecule has 0 amide bonds. The van der Waals surface area contributed by atoms with Crippen molar-refractivity contribution in [2.24, 2.45) is 0 Å². The van der Waals surface area contributed by atoms with E-state index in [-0.39, 0.29) is 11.3 Å². The Balaban J connectivity index is 2.46. The van der Waals surface area contributed by atoms with Crippen LogP contribution in [0.15, 0.2) is 36.4 Å². The van der Waals surface area contributed by atoms with Gasteiger partial charge in [-0.15, -0.1) is 0 Å². The summed E-state index contributed by atoms with van der Waals surface area (Å²) in [5, 5.41) is 1.42. The third kappa shape index (κ3) is 2.79. The fourth-order valence-corrected chi connectivity index (χ4v) is 2.16. The summed E-state index contributed by atoms with van der Waals surface area (Å²) in [6.45, 7) is 0. The van der Waals surface area contributed by atoms with Gasteiger partial charge in [-0.1, -0.05) is 30.3 Å². The molecule has 0 heterocycles. The van der Waals surface area contributed by atoms with Crippen LogP contribution >= 0.6 is 0 Å².